The Labute approximate surface area is 185 Å². The molecule has 0 bridgehead atoms. The van der Waals surface area contributed by atoms with Crippen molar-refractivity contribution in [2.75, 3.05) is 12.8 Å². The third kappa shape index (κ3) is 4.48. The molecule has 2 heterocycles. The van der Waals surface area contributed by atoms with E-state index >= 15 is 0 Å². The maximum absolute atomic E-state index is 14.8. The molecular formula is C22H21F2N5O2S. The fraction of sp³-hybridized carbons (Fsp3) is 0.318. The van der Waals surface area contributed by atoms with Crippen molar-refractivity contribution in [2.24, 2.45) is 16.6 Å². The van der Waals surface area contributed by atoms with Crippen molar-refractivity contribution in [2.45, 2.75) is 25.3 Å². The summed E-state index contributed by atoms with van der Waals surface area (Å²) in [6.45, 7) is 1.47. The lowest BCUT2D eigenvalue weighted by Crippen LogP contribution is -2.50. The van der Waals surface area contributed by atoms with Crippen LogP contribution in [-0.4, -0.2) is 41.5 Å². The van der Waals surface area contributed by atoms with Crippen molar-refractivity contribution < 1.29 is 17.2 Å². The van der Waals surface area contributed by atoms with Crippen molar-refractivity contribution in [3.63, 3.8) is 0 Å². The number of benzene rings is 1. The zero-order chi connectivity index (χ0) is 23.1. The van der Waals surface area contributed by atoms with Crippen LogP contribution in [0.3, 0.4) is 0 Å². The molecule has 0 saturated heterocycles. The molecule has 0 spiro atoms. The Morgan fingerprint density at radius 2 is 2.06 bits per heavy atom. The van der Waals surface area contributed by atoms with Crippen LogP contribution in [0.15, 0.2) is 35.6 Å². The third-order valence-electron chi connectivity index (χ3n) is 5.31. The van der Waals surface area contributed by atoms with Gasteiger partial charge in [0.2, 0.25) is 16.0 Å². The molecule has 0 amide bonds. The van der Waals surface area contributed by atoms with Crippen LogP contribution in [0.25, 0.3) is 11.9 Å². The lowest BCUT2D eigenvalue weighted by Gasteiger charge is -2.34. The summed E-state index contributed by atoms with van der Waals surface area (Å²) in [5, 5.41) is 0. The molecule has 1 unspecified atom stereocenters. The van der Waals surface area contributed by atoms with Gasteiger partial charge in [0.05, 0.1) is 18.1 Å². The first-order valence-electron chi connectivity index (χ1n) is 9.90. The Morgan fingerprint density at radius 1 is 1.31 bits per heavy atom. The smallest absolute Gasteiger partial charge is 0.239 e. The number of nitrogens with two attached hydrogens (primary N) is 1. The lowest BCUT2D eigenvalue weighted by molar-refractivity contribution is 0.458. The number of halogens is 2. The summed E-state index contributed by atoms with van der Waals surface area (Å²) in [6.07, 6.45) is 6.03. The van der Waals surface area contributed by atoms with E-state index in [1.54, 1.807) is 0 Å². The summed E-state index contributed by atoms with van der Waals surface area (Å²) < 4.78 is 55.1. The van der Waals surface area contributed by atoms with Crippen molar-refractivity contribution in [1.29, 1.82) is 0 Å². The molecule has 1 aromatic heterocycles. The van der Waals surface area contributed by atoms with E-state index in [-0.39, 0.29) is 17.2 Å². The van der Waals surface area contributed by atoms with Crippen LogP contribution in [0.4, 0.5) is 8.78 Å². The number of nitrogens with zero attached hydrogens (tertiary/aromatic N) is 4. The average Bonchev–Trinajstić information content (AvgIpc) is 3.56. The molecule has 4 rings (SSSR count). The Bertz CT molecular complexity index is 1290. The minimum Gasteiger partial charge on any atom is -0.369 e. The Morgan fingerprint density at radius 3 is 2.69 bits per heavy atom. The molecule has 166 valence electrons. The van der Waals surface area contributed by atoms with Crippen LogP contribution in [0.5, 0.6) is 0 Å². The summed E-state index contributed by atoms with van der Waals surface area (Å²) in [5.74, 6) is 4.32. The van der Waals surface area contributed by atoms with E-state index in [0.29, 0.717) is 17.2 Å². The number of rotatable bonds is 3. The average molecular weight is 458 g/mol. The zero-order valence-electron chi connectivity index (χ0n) is 17.5. The molecule has 1 aliphatic heterocycles. The monoisotopic (exact) mass is 457 g/mol. The minimum absolute atomic E-state index is 0.00296. The topological polar surface area (TPSA) is 102 Å². The summed E-state index contributed by atoms with van der Waals surface area (Å²) in [6, 6.07) is 3.87. The number of aliphatic imine (C=N–C) groups is 1. The third-order valence-corrected chi connectivity index (χ3v) is 7.26. The van der Waals surface area contributed by atoms with Crippen LogP contribution in [-0.2, 0) is 15.6 Å². The maximum atomic E-state index is 14.8. The Hall–Kier alpha value is -3.32. The van der Waals surface area contributed by atoms with Gasteiger partial charge in [0.1, 0.15) is 22.7 Å². The number of guanidine groups is 1. The highest BCUT2D eigenvalue weighted by Crippen LogP contribution is 2.34. The molecule has 32 heavy (non-hydrogen) atoms. The minimum atomic E-state index is -3.78. The summed E-state index contributed by atoms with van der Waals surface area (Å²) in [5.41, 5.74) is 5.06. The van der Waals surface area contributed by atoms with Crippen molar-refractivity contribution in [3.05, 3.63) is 58.9 Å². The molecule has 1 aliphatic carbocycles. The molecule has 2 N–H and O–H groups in total. The number of aromatic nitrogens is 2. The van der Waals surface area contributed by atoms with Gasteiger partial charge in [0.15, 0.2) is 5.83 Å². The van der Waals surface area contributed by atoms with E-state index in [4.69, 9.17) is 5.73 Å². The molecule has 2 aliphatic rings. The van der Waals surface area contributed by atoms with Crippen LogP contribution in [0.1, 0.15) is 42.3 Å². The summed E-state index contributed by atoms with van der Waals surface area (Å²) in [7, 11) is -2.50. The van der Waals surface area contributed by atoms with E-state index < -0.39 is 33.0 Å². The van der Waals surface area contributed by atoms with Gasteiger partial charge in [0, 0.05) is 18.5 Å². The zero-order valence-corrected chi connectivity index (χ0v) is 18.3. The second-order valence-corrected chi connectivity index (χ2v) is 10.0. The molecule has 1 fully saturated rings. The molecule has 7 nitrogen and oxygen atoms in total. The highest BCUT2D eigenvalue weighted by molar-refractivity contribution is 7.89. The molecule has 10 heteroatoms. The predicted molar refractivity (Wildman–Crippen MR) is 118 cm³/mol. The van der Waals surface area contributed by atoms with Gasteiger partial charge in [-0.3, -0.25) is 0 Å². The molecule has 1 atom stereocenters. The molecule has 1 aromatic carbocycles. The van der Waals surface area contributed by atoms with Gasteiger partial charge < -0.3 is 5.73 Å². The molecule has 2 aromatic rings. The molecule has 1 saturated carbocycles. The van der Waals surface area contributed by atoms with E-state index in [0.717, 1.165) is 23.2 Å². The van der Waals surface area contributed by atoms with E-state index in [9.17, 15) is 17.2 Å². The van der Waals surface area contributed by atoms with Gasteiger partial charge in [-0.25, -0.2) is 36.5 Å². The van der Waals surface area contributed by atoms with Crippen molar-refractivity contribution >= 4 is 27.9 Å². The van der Waals surface area contributed by atoms with E-state index in [2.05, 4.69) is 26.8 Å². The molecule has 0 radical (unpaired) electrons. The first-order valence-corrected chi connectivity index (χ1v) is 11.5. The van der Waals surface area contributed by atoms with Crippen LogP contribution in [0.2, 0.25) is 0 Å². The van der Waals surface area contributed by atoms with Crippen LogP contribution < -0.4 is 5.73 Å². The van der Waals surface area contributed by atoms with Crippen LogP contribution in [0, 0.1) is 23.6 Å². The maximum Gasteiger partial charge on any atom is 0.239 e. The molecular weight excluding hydrogens is 436 g/mol. The number of hydrogen-bond acceptors (Lipinski definition) is 6. The fourth-order valence-corrected chi connectivity index (χ4v) is 4.72. The Balaban J connectivity index is 1.64. The van der Waals surface area contributed by atoms with E-state index in [1.807, 2.05) is 0 Å². The summed E-state index contributed by atoms with van der Waals surface area (Å²) in [4.78, 5) is 12.4. The standard InChI is InChI=1S/C22H21F2N5O2S/c1-22(13-32(30,31)29(2)21(25)28-22)17-9-15(6-8-18(17)23)10-19(24)20-12-26-16(11-27-20)7-5-14-3-4-14/h6,8-12,14H,3-4,13H2,1-2H3,(H2,25,28). The van der Waals surface area contributed by atoms with Gasteiger partial charge in [-0.1, -0.05) is 12.0 Å². The second kappa shape index (κ2) is 7.98. The fourth-order valence-electron chi connectivity index (χ4n) is 3.27. The first-order chi connectivity index (χ1) is 15.1. The first kappa shape index (κ1) is 21.9. The second-order valence-electron chi connectivity index (χ2n) is 8.03. The SMILES string of the molecule is CN1C(N)=NC(C)(c2cc(C=C(F)c3cnc(C#CC4CC4)cn3)ccc2F)CS1(=O)=O. The van der Waals surface area contributed by atoms with E-state index in [1.165, 1.54) is 44.6 Å². The van der Waals surface area contributed by atoms with Crippen LogP contribution >= 0.6 is 0 Å². The van der Waals surface area contributed by atoms with Gasteiger partial charge in [-0.15, -0.1) is 0 Å². The number of hydrogen-bond donors (Lipinski definition) is 1. The lowest BCUT2D eigenvalue weighted by atomic mass is 9.92. The van der Waals surface area contributed by atoms with Gasteiger partial charge in [0.25, 0.3) is 0 Å². The van der Waals surface area contributed by atoms with Crippen molar-refractivity contribution in [3.8, 4) is 11.8 Å². The highest BCUT2D eigenvalue weighted by atomic mass is 32.2. The summed E-state index contributed by atoms with van der Waals surface area (Å²) >= 11 is 0. The largest absolute Gasteiger partial charge is 0.369 e. The van der Waals surface area contributed by atoms with Gasteiger partial charge in [-0.05, 0) is 49.5 Å². The number of sulfonamides is 1. The predicted octanol–water partition coefficient (Wildman–Crippen LogP) is 2.65. The van der Waals surface area contributed by atoms with Gasteiger partial charge >= 0.3 is 0 Å². The van der Waals surface area contributed by atoms with Crippen molar-refractivity contribution in [1.82, 2.24) is 14.3 Å². The normalized spacial score (nSPS) is 22.7. The Kier molecular flexibility index (Phi) is 5.46. The highest BCUT2D eigenvalue weighted by Gasteiger charge is 2.41. The quantitative estimate of drug-likeness (QED) is 0.714. The van der Waals surface area contributed by atoms with Gasteiger partial charge in [-0.2, -0.15) is 0 Å².